The van der Waals surface area contributed by atoms with Gasteiger partial charge in [-0.1, -0.05) is 54.1 Å². The van der Waals surface area contributed by atoms with Crippen molar-refractivity contribution in [1.82, 2.24) is 5.32 Å². The van der Waals surface area contributed by atoms with E-state index in [1.165, 1.54) is 11.1 Å². The fraction of sp³-hybridized carbons (Fsp3) is 0.333. The zero-order valence-electron chi connectivity index (χ0n) is 11.9. The molecule has 1 aromatic rings. The molecule has 1 aliphatic heterocycles. The molecule has 0 bridgehead atoms. The van der Waals surface area contributed by atoms with Crippen LogP contribution in [0.3, 0.4) is 0 Å². The molecule has 1 nitrogen and oxygen atoms in total. The summed E-state index contributed by atoms with van der Waals surface area (Å²) in [6, 6.07) is 11.6. The number of hydrogen-bond acceptors (Lipinski definition) is 1. The first-order valence-electron chi connectivity index (χ1n) is 7.03. The quantitative estimate of drug-likeness (QED) is 0.763. The first-order chi connectivity index (χ1) is 9.31. The Morgan fingerprint density at radius 1 is 1.10 bits per heavy atom. The van der Waals surface area contributed by atoms with Gasteiger partial charge in [-0.25, -0.2) is 0 Å². The van der Waals surface area contributed by atoms with Gasteiger partial charge in [-0.2, -0.15) is 0 Å². The van der Waals surface area contributed by atoms with Gasteiger partial charge in [0.2, 0.25) is 0 Å². The molecule has 0 saturated carbocycles. The van der Waals surface area contributed by atoms with Crippen molar-refractivity contribution in [2.75, 3.05) is 0 Å². The summed E-state index contributed by atoms with van der Waals surface area (Å²) in [5.74, 6) is 0. The van der Waals surface area contributed by atoms with Gasteiger partial charge in [-0.05, 0) is 31.2 Å². The second-order valence-corrected chi connectivity index (χ2v) is 5.21. The number of nitrogens with one attached hydrogen (secondary N) is 1. The summed E-state index contributed by atoms with van der Waals surface area (Å²) in [5, 5.41) is 3.65. The summed E-state index contributed by atoms with van der Waals surface area (Å²) in [7, 11) is 0. The Kier molecular flexibility index (Phi) is 7.35. The van der Waals surface area contributed by atoms with Gasteiger partial charge in [-0.15, -0.1) is 25.6 Å². The minimum Gasteiger partial charge on any atom is -0.307 e. The molecule has 2 atom stereocenters. The zero-order valence-corrected chi connectivity index (χ0v) is 12.7. The molecule has 0 amide bonds. The van der Waals surface area contributed by atoms with Crippen LogP contribution in [0, 0.1) is 0 Å². The van der Waals surface area contributed by atoms with E-state index in [0.717, 1.165) is 25.7 Å². The molecule has 0 aliphatic carbocycles. The van der Waals surface area contributed by atoms with Crippen LogP contribution >= 0.6 is 12.4 Å². The fourth-order valence-corrected chi connectivity index (χ4v) is 2.74. The molecule has 2 rings (SSSR count). The minimum absolute atomic E-state index is 0. The van der Waals surface area contributed by atoms with Crippen molar-refractivity contribution in [3.8, 4) is 0 Å². The molecule has 108 valence electrons. The molecule has 20 heavy (non-hydrogen) atoms. The highest BCUT2D eigenvalue weighted by molar-refractivity contribution is 5.85. The predicted molar refractivity (Wildman–Crippen MR) is 90.4 cm³/mol. The van der Waals surface area contributed by atoms with Crippen molar-refractivity contribution in [3.05, 3.63) is 72.9 Å². The van der Waals surface area contributed by atoms with Gasteiger partial charge >= 0.3 is 0 Å². The van der Waals surface area contributed by atoms with Crippen molar-refractivity contribution < 1.29 is 0 Å². The number of halogens is 1. The molecule has 1 heterocycles. The van der Waals surface area contributed by atoms with E-state index in [2.05, 4.69) is 54.9 Å². The van der Waals surface area contributed by atoms with Gasteiger partial charge < -0.3 is 5.32 Å². The maximum absolute atomic E-state index is 3.86. The average Bonchev–Trinajstić information content (AvgIpc) is 2.40. The van der Waals surface area contributed by atoms with Crippen molar-refractivity contribution in [2.24, 2.45) is 0 Å². The molecule has 0 spiro atoms. The Hall–Kier alpha value is -1.31. The molecule has 1 N–H and O–H groups in total. The van der Waals surface area contributed by atoms with Crippen LogP contribution in [-0.2, 0) is 6.42 Å². The van der Waals surface area contributed by atoms with Crippen molar-refractivity contribution >= 4 is 12.4 Å². The van der Waals surface area contributed by atoms with E-state index < -0.39 is 0 Å². The normalized spacial score (nSPS) is 21.5. The average molecular weight is 290 g/mol. The van der Waals surface area contributed by atoms with Gasteiger partial charge in [0.1, 0.15) is 0 Å². The fourth-order valence-electron chi connectivity index (χ4n) is 2.74. The van der Waals surface area contributed by atoms with E-state index in [-0.39, 0.29) is 12.4 Å². The third-order valence-corrected chi connectivity index (χ3v) is 3.54. The van der Waals surface area contributed by atoms with E-state index in [9.17, 15) is 0 Å². The molecule has 1 aliphatic rings. The molecule has 0 fully saturated rings. The van der Waals surface area contributed by atoms with Crippen LogP contribution in [0.4, 0.5) is 0 Å². The molecule has 0 saturated heterocycles. The lowest BCUT2D eigenvalue weighted by Gasteiger charge is -2.29. The summed E-state index contributed by atoms with van der Waals surface area (Å²) < 4.78 is 0. The van der Waals surface area contributed by atoms with E-state index in [4.69, 9.17) is 0 Å². The highest BCUT2D eigenvalue weighted by Crippen LogP contribution is 2.21. The van der Waals surface area contributed by atoms with E-state index in [0.29, 0.717) is 12.1 Å². The highest BCUT2D eigenvalue weighted by Gasteiger charge is 2.19. The summed E-state index contributed by atoms with van der Waals surface area (Å²) in [6.07, 6.45) is 10.6. The molecule has 1 aromatic carbocycles. The van der Waals surface area contributed by atoms with E-state index in [1.807, 2.05) is 12.2 Å². The van der Waals surface area contributed by atoms with Gasteiger partial charge in [0.15, 0.2) is 0 Å². The smallest absolute Gasteiger partial charge is 0.0289 e. The first kappa shape index (κ1) is 16.7. The lowest BCUT2D eigenvalue weighted by Crippen LogP contribution is -2.40. The van der Waals surface area contributed by atoms with Crippen molar-refractivity contribution in [2.45, 2.75) is 37.8 Å². The Bertz CT molecular complexity index is 450. The van der Waals surface area contributed by atoms with Crippen LogP contribution in [0.2, 0.25) is 0 Å². The van der Waals surface area contributed by atoms with E-state index >= 15 is 0 Å². The second kappa shape index (κ2) is 8.78. The topological polar surface area (TPSA) is 12.0 Å². The number of rotatable bonds is 6. The van der Waals surface area contributed by atoms with Crippen LogP contribution in [0.15, 0.2) is 67.3 Å². The molecule has 2 heteroatoms. The monoisotopic (exact) mass is 289 g/mol. The standard InChI is InChI=1S/C18H23N.ClH/c1-3-8-17-13-16(14-18(19-17)9-4-2)12-15-10-6-5-7-11-15;/h3-7,10-11,13,17-19H,1-2,8-9,12,14H2;1H. The second-order valence-electron chi connectivity index (χ2n) is 5.21. The number of hydrogen-bond donors (Lipinski definition) is 1. The zero-order chi connectivity index (χ0) is 13.5. The lowest BCUT2D eigenvalue weighted by atomic mass is 9.90. The van der Waals surface area contributed by atoms with Crippen LogP contribution in [0.1, 0.15) is 24.8 Å². The summed E-state index contributed by atoms with van der Waals surface area (Å²) >= 11 is 0. The van der Waals surface area contributed by atoms with Crippen molar-refractivity contribution in [1.29, 1.82) is 0 Å². The van der Waals surface area contributed by atoms with Gasteiger partial charge in [-0.3, -0.25) is 0 Å². The Labute approximate surface area is 128 Å². The molecular formula is C18H24ClN. The lowest BCUT2D eigenvalue weighted by molar-refractivity contribution is 0.440. The van der Waals surface area contributed by atoms with Crippen LogP contribution in [0.5, 0.6) is 0 Å². The maximum atomic E-state index is 3.86. The largest absolute Gasteiger partial charge is 0.307 e. The SMILES string of the molecule is C=CCC1C=C(Cc2ccccc2)CC(CC=C)N1.Cl. The van der Waals surface area contributed by atoms with Crippen LogP contribution in [-0.4, -0.2) is 12.1 Å². The Morgan fingerprint density at radius 3 is 2.45 bits per heavy atom. The Morgan fingerprint density at radius 2 is 1.80 bits per heavy atom. The molecular weight excluding hydrogens is 266 g/mol. The molecule has 2 unspecified atom stereocenters. The summed E-state index contributed by atoms with van der Waals surface area (Å²) in [6.45, 7) is 7.70. The summed E-state index contributed by atoms with van der Waals surface area (Å²) in [5.41, 5.74) is 2.93. The summed E-state index contributed by atoms with van der Waals surface area (Å²) in [4.78, 5) is 0. The maximum Gasteiger partial charge on any atom is 0.0289 e. The van der Waals surface area contributed by atoms with Gasteiger partial charge in [0, 0.05) is 12.1 Å². The minimum atomic E-state index is 0. The van der Waals surface area contributed by atoms with Crippen LogP contribution in [0.25, 0.3) is 0 Å². The van der Waals surface area contributed by atoms with Crippen LogP contribution < -0.4 is 5.32 Å². The van der Waals surface area contributed by atoms with Gasteiger partial charge in [0.05, 0.1) is 0 Å². The van der Waals surface area contributed by atoms with Crippen molar-refractivity contribution in [3.63, 3.8) is 0 Å². The molecule has 0 radical (unpaired) electrons. The third-order valence-electron chi connectivity index (χ3n) is 3.54. The molecule has 0 aromatic heterocycles. The number of benzene rings is 1. The first-order valence-corrected chi connectivity index (χ1v) is 7.03. The van der Waals surface area contributed by atoms with E-state index in [1.54, 1.807) is 0 Å². The third kappa shape index (κ3) is 4.99. The van der Waals surface area contributed by atoms with Gasteiger partial charge in [0.25, 0.3) is 0 Å². The Balaban J connectivity index is 0.00000200. The predicted octanol–water partition coefficient (Wildman–Crippen LogP) is 4.46. The highest BCUT2D eigenvalue weighted by atomic mass is 35.5.